The zero-order chi connectivity index (χ0) is 16.5. The van der Waals surface area contributed by atoms with Gasteiger partial charge in [0.1, 0.15) is 5.82 Å². The maximum atomic E-state index is 13.1. The minimum atomic E-state index is -0.190. The third kappa shape index (κ3) is 5.70. The maximum Gasteiger partial charge on any atom is 0.191 e. The van der Waals surface area contributed by atoms with Crippen molar-refractivity contribution in [2.75, 3.05) is 13.1 Å². The molecule has 1 heterocycles. The Kier molecular flexibility index (Phi) is 6.54. The molecule has 0 atom stereocenters. The van der Waals surface area contributed by atoms with Crippen LogP contribution in [0.3, 0.4) is 0 Å². The topological polar surface area (TPSA) is 49.3 Å². The van der Waals surface area contributed by atoms with Gasteiger partial charge in [-0.05, 0) is 55.7 Å². The molecule has 1 aromatic heterocycles. The van der Waals surface area contributed by atoms with Crippen LogP contribution >= 0.6 is 0 Å². The van der Waals surface area contributed by atoms with E-state index in [0.717, 1.165) is 42.3 Å². The quantitative estimate of drug-likeness (QED) is 0.637. The minimum Gasteiger partial charge on any atom is -0.357 e. The predicted molar refractivity (Wildman–Crippen MR) is 91.9 cm³/mol. The minimum absolute atomic E-state index is 0.190. The van der Waals surface area contributed by atoms with Gasteiger partial charge < -0.3 is 10.6 Å². The number of aromatic nitrogens is 1. The molecule has 0 saturated heterocycles. The number of halogens is 1. The first-order valence-electron chi connectivity index (χ1n) is 7.86. The first-order chi connectivity index (χ1) is 11.2. The first kappa shape index (κ1) is 16.9. The third-order valence-electron chi connectivity index (χ3n) is 3.46. The van der Waals surface area contributed by atoms with E-state index >= 15 is 0 Å². The second-order valence-corrected chi connectivity index (χ2v) is 5.26. The van der Waals surface area contributed by atoms with Crippen LogP contribution in [0.2, 0.25) is 0 Å². The van der Waals surface area contributed by atoms with E-state index in [0.29, 0.717) is 6.54 Å². The first-order valence-corrected chi connectivity index (χ1v) is 7.86. The second-order valence-electron chi connectivity index (χ2n) is 5.26. The highest BCUT2D eigenvalue weighted by molar-refractivity contribution is 5.79. The molecule has 0 bridgehead atoms. The Morgan fingerprint density at radius 1 is 1.22 bits per heavy atom. The van der Waals surface area contributed by atoms with Crippen molar-refractivity contribution in [1.29, 1.82) is 0 Å². The summed E-state index contributed by atoms with van der Waals surface area (Å²) < 4.78 is 13.1. The summed E-state index contributed by atoms with van der Waals surface area (Å²) in [5.74, 6) is 0.572. The summed E-state index contributed by atoms with van der Waals surface area (Å²) in [5.41, 5.74) is 3.04. The van der Waals surface area contributed by atoms with Crippen molar-refractivity contribution in [3.05, 3.63) is 65.2 Å². The number of aryl methyl sites for hydroxylation is 1. The molecule has 0 spiro atoms. The summed E-state index contributed by atoms with van der Waals surface area (Å²) in [5, 5.41) is 6.51. The van der Waals surface area contributed by atoms with Crippen LogP contribution in [0.25, 0.3) is 0 Å². The van der Waals surface area contributed by atoms with Gasteiger partial charge in [0.15, 0.2) is 5.96 Å². The SMILES string of the molecule is CCNC(=NCc1ccccn1)NCCc1ccc(F)cc1C. The average Bonchev–Trinajstić information content (AvgIpc) is 2.55. The van der Waals surface area contributed by atoms with Crippen molar-refractivity contribution in [1.82, 2.24) is 15.6 Å². The number of nitrogens with zero attached hydrogens (tertiary/aromatic N) is 2. The average molecular weight is 314 g/mol. The highest BCUT2D eigenvalue weighted by atomic mass is 19.1. The van der Waals surface area contributed by atoms with E-state index in [1.54, 1.807) is 12.3 Å². The number of hydrogen-bond acceptors (Lipinski definition) is 2. The highest BCUT2D eigenvalue weighted by Crippen LogP contribution is 2.10. The van der Waals surface area contributed by atoms with Gasteiger partial charge in [-0.15, -0.1) is 0 Å². The van der Waals surface area contributed by atoms with Crippen molar-refractivity contribution in [2.45, 2.75) is 26.8 Å². The lowest BCUT2D eigenvalue weighted by Crippen LogP contribution is -2.38. The van der Waals surface area contributed by atoms with E-state index in [2.05, 4.69) is 20.6 Å². The molecule has 0 aliphatic carbocycles. The lowest BCUT2D eigenvalue weighted by molar-refractivity contribution is 0.625. The van der Waals surface area contributed by atoms with E-state index in [1.165, 1.54) is 6.07 Å². The lowest BCUT2D eigenvalue weighted by atomic mass is 10.1. The molecule has 0 aliphatic rings. The van der Waals surface area contributed by atoms with E-state index in [9.17, 15) is 4.39 Å². The van der Waals surface area contributed by atoms with Crippen LogP contribution in [0.4, 0.5) is 4.39 Å². The molecule has 0 unspecified atom stereocenters. The van der Waals surface area contributed by atoms with Gasteiger partial charge in [0, 0.05) is 19.3 Å². The van der Waals surface area contributed by atoms with Crippen LogP contribution < -0.4 is 10.6 Å². The largest absolute Gasteiger partial charge is 0.357 e. The molecule has 2 N–H and O–H groups in total. The summed E-state index contributed by atoms with van der Waals surface area (Å²) in [7, 11) is 0. The molecule has 2 aromatic rings. The molecule has 1 aromatic carbocycles. The van der Waals surface area contributed by atoms with Gasteiger partial charge in [0.25, 0.3) is 0 Å². The number of guanidine groups is 1. The van der Waals surface area contributed by atoms with Gasteiger partial charge in [-0.25, -0.2) is 9.38 Å². The zero-order valence-electron chi connectivity index (χ0n) is 13.6. The lowest BCUT2D eigenvalue weighted by Gasteiger charge is -2.12. The third-order valence-corrected chi connectivity index (χ3v) is 3.46. The van der Waals surface area contributed by atoms with Gasteiger partial charge >= 0.3 is 0 Å². The number of nitrogens with one attached hydrogen (secondary N) is 2. The van der Waals surface area contributed by atoms with Crippen LogP contribution in [0, 0.1) is 12.7 Å². The van der Waals surface area contributed by atoms with Crippen molar-refractivity contribution in [3.8, 4) is 0 Å². The van der Waals surface area contributed by atoms with Crippen LogP contribution in [0.5, 0.6) is 0 Å². The fourth-order valence-electron chi connectivity index (χ4n) is 2.25. The summed E-state index contributed by atoms with van der Waals surface area (Å²) in [6.45, 7) is 6.02. The summed E-state index contributed by atoms with van der Waals surface area (Å²) >= 11 is 0. The van der Waals surface area contributed by atoms with E-state index in [4.69, 9.17) is 0 Å². The molecule has 5 heteroatoms. The Hall–Kier alpha value is -2.43. The molecule has 0 saturated carbocycles. The van der Waals surface area contributed by atoms with Crippen molar-refractivity contribution in [3.63, 3.8) is 0 Å². The van der Waals surface area contributed by atoms with Crippen molar-refractivity contribution < 1.29 is 4.39 Å². The molecule has 0 radical (unpaired) electrons. The molecular weight excluding hydrogens is 291 g/mol. The zero-order valence-corrected chi connectivity index (χ0v) is 13.6. The van der Waals surface area contributed by atoms with Crippen LogP contribution in [-0.2, 0) is 13.0 Å². The molecular formula is C18H23FN4. The fraction of sp³-hybridized carbons (Fsp3) is 0.333. The van der Waals surface area contributed by atoms with Gasteiger partial charge in [0.05, 0.1) is 12.2 Å². The predicted octanol–water partition coefficient (Wildman–Crippen LogP) is 2.83. The second kappa shape index (κ2) is 8.88. The normalized spacial score (nSPS) is 11.3. The monoisotopic (exact) mass is 314 g/mol. The Labute approximate surface area is 136 Å². The molecule has 122 valence electrons. The number of aliphatic imine (C=N–C) groups is 1. The van der Waals surface area contributed by atoms with Gasteiger partial charge in [-0.2, -0.15) is 0 Å². The Bertz CT molecular complexity index is 641. The summed E-state index contributed by atoms with van der Waals surface area (Å²) in [6.07, 6.45) is 2.59. The van der Waals surface area contributed by atoms with Crippen LogP contribution in [0.15, 0.2) is 47.6 Å². The molecule has 0 fully saturated rings. The van der Waals surface area contributed by atoms with Crippen LogP contribution in [0.1, 0.15) is 23.7 Å². The number of pyridine rings is 1. The van der Waals surface area contributed by atoms with E-state index in [-0.39, 0.29) is 5.82 Å². The van der Waals surface area contributed by atoms with Gasteiger partial charge in [-0.1, -0.05) is 12.1 Å². The highest BCUT2D eigenvalue weighted by Gasteiger charge is 2.02. The number of hydrogen-bond donors (Lipinski definition) is 2. The maximum absolute atomic E-state index is 13.1. The summed E-state index contributed by atoms with van der Waals surface area (Å²) in [6, 6.07) is 10.7. The molecule has 23 heavy (non-hydrogen) atoms. The van der Waals surface area contributed by atoms with Crippen LogP contribution in [-0.4, -0.2) is 24.0 Å². The van der Waals surface area contributed by atoms with E-state index < -0.39 is 0 Å². The molecule has 0 aliphatic heterocycles. The number of rotatable bonds is 6. The van der Waals surface area contributed by atoms with E-state index in [1.807, 2.05) is 38.1 Å². The number of benzene rings is 1. The Morgan fingerprint density at radius 3 is 2.78 bits per heavy atom. The fourth-order valence-corrected chi connectivity index (χ4v) is 2.25. The van der Waals surface area contributed by atoms with Gasteiger partial charge in [0.2, 0.25) is 0 Å². The van der Waals surface area contributed by atoms with Crippen molar-refractivity contribution >= 4 is 5.96 Å². The smallest absolute Gasteiger partial charge is 0.191 e. The van der Waals surface area contributed by atoms with Crippen molar-refractivity contribution in [2.24, 2.45) is 4.99 Å². The molecule has 2 rings (SSSR count). The Balaban J connectivity index is 1.89. The summed E-state index contributed by atoms with van der Waals surface area (Å²) in [4.78, 5) is 8.78. The van der Waals surface area contributed by atoms with Gasteiger partial charge in [-0.3, -0.25) is 4.98 Å². The Morgan fingerprint density at radius 2 is 2.09 bits per heavy atom. The molecule has 0 amide bonds. The molecule has 4 nitrogen and oxygen atoms in total. The standard InChI is InChI=1S/C18H23FN4/c1-3-20-18(23-13-17-6-4-5-10-21-17)22-11-9-15-7-8-16(19)12-14(15)2/h4-8,10,12H,3,9,11,13H2,1-2H3,(H2,20,22,23).